The van der Waals surface area contributed by atoms with Crippen LogP contribution in [0.2, 0.25) is 5.15 Å². The summed E-state index contributed by atoms with van der Waals surface area (Å²) >= 11 is 6.57. The molecule has 2 amide bonds. The van der Waals surface area contributed by atoms with E-state index in [1.165, 1.54) is 0 Å². The standard InChI is InChI=1S/C25H27ClN4O3/c1-17-22(23(26)30(28-17)16-18-8-4-3-5-9-18)25(32)29-14-12-19(13-15-29)24(31)27-20-10-6-7-11-21(20)33-2/h3-11,19H,12-16H2,1-2H3,(H,27,31). The summed E-state index contributed by atoms with van der Waals surface area (Å²) in [7, 11) is 1.57. The molecule has 0 spiro atoms. The lowest BCUT2D eigenvalue weighted by atomic mass is 9.95. The van der Waals surface area contributed by atoms with Crippen molar-refractivity contribution in [3.63, 3.8) is 0 Å². The molecule has 33 heavy (non-hydrogen) atoms. The highest BCUT2D eigenvalue weighted by atomic mass is 35.5. The van der Waals surface area contributed by atoms with E-state index in [-0.39, 0.29) is 17.7 Å². The first kappa shape index (κ1) is 22.9. The molecule has 4 rings (SSSR count). The Morgan fingerprint density at radius 3 is 2.45 bits per heavy atom. The minimum Gasteiger partial charge on any atom is -0.495 e. The van der Waals surface area contributed by atoms with E-state index < -0.39 is 0 Å². The number of nitrogens with zero attached hydrogens (tertiary/aromatic N) is 3. The minimum absolute atomic E-state index is 0.0588. The molecule has 0 aliphatic carbocycles. The highest BCUT2D eigenvalue weighted by Gasteiger charge is 2.31. The highest BCUT2D eigenvalue weighted by Crippen LogP contribution is 2.28. The topological polar surface area (TPSA) is 76.5 Å². The number of methoxy groups -OCH3 is 1. The van der Waals surface area contributed by atoms with E-state index in [0.717, 1.165) is 5.56 Å². The Bertz CT molecular complexity index is 1140. The summed E-state index contributed by atoms with van der Waals surface area (Å²) in [6.07, 6.45) is 1.17. The van der Waals surface area contributed by atoms with Gasteiger partial charge in [0.25, 0.3) is 5.91 Å². The Labute approximate surface area is 198 Å². The Morgan fingerprint density at radius 2 is 1.76 bits per heavy atom. The molecular formula is C25H27ClN4O3. The van der Waals surface area contributed by atoms with Gasteiger partial charge in [-0.05, 0) is 37.5 Å². The number of aryl methyl sites for hydroxylation is 1. The van der Waals surface area contributed by atoms with Gasteiger partial charge in [-0.25, -0.2) is 4.68 Å². The molecule has 0 saturated carbocycles. The van der Waals surface area contributed by atoms with E-state index in [2.05, 4.69) is 10.4 Å². The number of likely N-dealkylation sites (tertiary alicyclic amines) is 1. The number of halogens is 1. The number of anilines is 1. The van der Waals surface area contributed by atoms with Crippen molar-refractivity contribution in [1.82, 2.24) is 14.7 Å². The number of benzene rings is 2. The quantitative estimate of drug-likeness (QED) is 0.584. The first-order valence-electron chi connectivity index (χ1n) is 11.0. The number of aromatic nitrogens is 2. The average molecular weight is 467 g/mol. The molecule has 1 fully saturated rings. The fourth-order valence-corrected chi connectivity index (χ4v) is 4.46. The van der Waals surface area contributed by atoms with Crippen molar-refractivity contribution in [3.8, 4) is 5.75 Å². The van der Waals surface area contributed by atoms with Crippen LogP contribution in [0.25, 0.3) is 0 Å². The molecule has 2 aromatic carbocycles. The molecule has 0 unspecified atom stereocenters. The number of para-hydroxylation sites is 2. The predicted octanol–water partition coefficient (Wildman–Crippen LogP) is 4.39. The zero-order chi connectivity index (χ0) is 23.4. The second kappa shape index (κ2) is 10.1. The Balaban J connectivity index is 1.39. The number of hydrogen-bond donors (Lipinski definition) is 1. The van der Waals surface area contributed by atoms with Crippen molar-refractivity contribution >= 4 is 29.1 Å². The predicted molar refractivity (Wildman–Crippen MR) is 128 cm³/mol. The van der Waals surface area contributed by atoms with Crippen LogP contribution in [0, 0.1) is 12.8 Å². The molecule has 3 aromatic rings. The molecule has 1 aliphatic rings. The lowest BCUT2D eigenvalue weighted by Crippen LogP contribution is -2.41. The number of amides is 2. The molecule has 0 radical (unpaired) electrons. The summed E-state index contributed by atoms with van der Waals surface area (Å²) in [4.78, 5) is 27.8. The van der Waals surface area contributed by atoms with Gasteiger partial charge in [-0.1, -0.05) is 54.1 Å². The number of rotatable bonds is 6. The lowest BCUT2D eigenvalue weighted by Gasteiger charge is -2.31. The molecular weight excluding hydrogens is 440 g/mol. The van der Waals surface area contributed by atoms with Crippen LogP contribution in [0.1, 0.15) is 34.5 Å². The van der Waals surface area contributed by atoms with Crippen molar-refractivity contribution < 1.29 is 14.3 Å². The Morgan fingerprint density at radius 1 is 1.09 bits per heavy atom. The molecule has 1 aromatic heterocycles. The molecule has 1 N–H and O–H groups in total. The first-order chi connectivity index (χ1) is 16.0. The van der Waals surface area contributed by atoms with Crippen molar-refractivity contribution in [2.45, 2.75) is 26.3 Å². The van der Waals surface area contributed by atoms with Gasteiger partial charge in [-0.2, -0.15) is 5.10 Å². The van der Waals surface area contributed by atoms with Gasteiger partial charge >= 0.3 is 0 Å². The summed E-state index contributed by atoms with van der Waals surface area (Å²) < 4.78 is 6.96. The summed E-state index contributed by atoms with van der Waals surface area (Å²) in [6.45, 7) is 3.28. The maximum atomic E-state index is 13.2. The van der Waals surface area contributed by atoms with Crippen molar-refractivity contribution in [2.75, 3.05) is 25.5 Å². The lowest BCUT2D eigenvalue weighted by molar-refractivity contribution is -0.121. The SMILES string of the molecule is COc1ccccc1NC(=O)C1CCN(C(=O)c2c(C)nn(Cc3ccccc3)c2Cl)CC1. The fourth-order valence-electron chi connectivity index (χ4n) is 4.14. The molecule has 1 saturated heterocycles. The van der Waals surface area contributed by atoms with Crippen LogP contribution in [-0.2, 0) is 11.3 Å². The third-order valence-electron chi connectivity index (χ3n) is 5.97. The summed E-state index contributed by atoms with van der Waals surface area (Å²) in [5, 5.41) is 7.78. The van der Waals surface area contributed by atoms with Gasteiger partial charge in [-0.3, -0.25) is 9.59 Å². The van der Waals surface area contributed by atoms with E-state index in [4.69, 9.17) is 16.3 Å². The second-order valence-electron chi connectivity index (χ2n) is 8.15. The van der Waals surface area contributed by atoms with Crippen molar-refractivity contribution in [3.05, 3.63) is 76.6 Å². The maximum Gasteiger partial charge on any atom is 0.258 e. The number of hydrogen-bond acceptors (Lipinski definition) is 4. The van der Waals surface area contributed by atoms with Gasteiger partial charge in [-0.15, -0.1) is 0 Å². The largest absolute Gasteiger partial charge is 0.495 e. The molecule has 8 heteroatoms. The zero-order valence-corrected chi connectivity index (χ0v) is 19.5. The molecule has 172 valence electrons. The van der Waals surface area contributed by atoms with Crippen molar-refractivity contribution in [2.24, 2.45) is 5.92 Å². The minimum atomic E-state index is -0.170. The second-order valence-corrected chi connectivity index (χ2v) is 8.51. The van der Waals surface area contributed by atoms with E-state index in [9.17, 15) is 9.59 Å². The summed E-state index contributed by atoms with van der Waals surface area (Å²) in [6, 6.07) is 17.2. The van der Waals surface area contributed by atoms with E-state index in [0.29, 0.717) is 60.3 Å². The highest BCUT2D eigenvalue weighted by molar-refractivity contribution is 6.33. The van der Waals surface area contributed by atoms with Gasteiger partial charge in [0.05, 0.1) is 30.6 Å². The van der Waals surface area contributed by atoms with Crippen LogP contribution >= 0.6 is 11.6 Å². The summed E-state index contributed by atoms with van der Waals surface area (Å²) in [5.74, 6) is 0.254. The fraction of sp³-hybridized carbons (Fsp3) is 0.320. The monoisotopic (exact) mass is 466 g/mol. The normalized spacial score (nSPS) is 14.2. The van der Waals surface area contributed by atoms with Gasteiger partial charge in [0.15, 0.2) is 0 Å². The van der Waals surface area contributed by atoms with Gasteiger partial charge in [0.1, 0.15) is 10.9 Å². The number of ether oxygens (including phenoxy) is 1. The number of nitrogens with one attached hydrogen (secondary N) is 1. The van der Waals surface area contributed by atoms with E-state index in [1.54, 1.807) is 29.7 Å². The first-order valence-corrected chi connectivity index (χ1v) is 11.4. The van der Waals surface area contributed by atoms with E-state index in [1.807, 2.05) is 48.5 Å². The van der Waals surface area contributed by atoms with E-state index >= 15 is 0 Å². The Hall–Kier alpha value is -3.32. The van der Waals surface area contributed by atoms with Crippen LogP contribution < -0.4 is 10.1 Å². The smallest absolute Gasteiger partial charge is 0.258 e. The summed E-state index contributed by atoms with van der Waals surface area (Å²) in [5.41, 5.74) is 2.75. The number of carbonyl (C=O) groups excluding carboxylic acids is 2. The van der Waals surface area contributed by atoms with Gasteiger partial charge < -0.3 is 15.0 Å². The average Bonchev–Trinajstić information content (AvgIpc) is 3.12. The molecule has 1 aliphatic heterocycles. The Kier molecular flexibility index (Phi) is 6.99. The van der Waals surface area contributed by atoms with Crippen molar-refractivity contribution in [1.29, 1.82) is 0 Å². The van der Waals surface area contributed by atoms with Crippen LogP contribution in [0.15, 0.2) is 54.6 Å². The van der Waals surface area contributed by atoms with Crippen LogP contribution in [0.4, 0.5) is 5.69 Å². The van der Waals surface area contributed by atoms with Gasteiger partial charge in [0, 0.05) is 19.0 Å². The van der Waals surface area contributed by atoms with Gasteiger partial charge in [0.2, 0.25) is 5.91 Å². The molecule has 2 heterocycles. The van der Waals surface area contributed by atoms with Crippen LogP contribution in [0.5, 0.6) is 5.75 Å². The molecule has 0 atom stereocenters. The maximum absolute atomic E-state index is 13.2. The van der Waals surface area contributed by atoms with Crippen LogP contribution in [0.3, 0.4) is 0 Å². The zero-order valence-electron chi connectivity index (χ0n) is 18.8. The van der Waals surface area contributed by atoms with Crippen LogP contribution in [-0.4, -0.2) is 46.7 Å². The third kappa shape index (κ3) is 5.03. The number of carbonyl (C=O) groups is 2. The third-order valence-corrected chi connectivity index (χ3v) is 6.36. The molecule has 7 nitrogen and oxygen atoms in total. The number of piperidine rings is 1. The molecule has 0 bridgehead atoms.